The first-order valence-electron chi connectivity index (χ1n) is 30.1. The van der Waals surface area contributed by atoms with E-state index in [0.717, 1.165) is 34.0 Å². The van der Waals surface area contributed by atoms with Crippen LogP contribution in [0.3, 0.4) is 0 Å². The molecule has 96 heavy (non-hydrogen) atoms. The van der Waals surface area contributed by atoms with Crippen LogP contribution in [0.15, 0.2) is 72.8 Å². The number of carbonyl (C=O) groups is 9. The molecule has 0 saturated carbocycles. The Kier molecular flexibility index (Phi) is 15.5. The Labute approximate surface area is 604 Å². The van der Waals surface area contributed by atoms with Crippen molar-refractivity contribution < 1.29 is 43.2 Å². The predicted octanol–water partition coefficient (Wildman–Crippen LogP) is 12.4. The first-order valence-corrected chi connectivity index (χ1v) is 34.6. The summed E-state index contributed by atoms with van der Waals surface area (Å²) in [5.74, 6) is -8.73. The first kappa shape index (κ1) is 64.9. The smallest absolute Gasteiger partial charge is 0.250 e. The highest BCUT2D eigenvalue weighted by Crippen LogP contribution is 2.66. The van der Waals surface area contributed by atoms with E-state index >= 15 is 0 Å². The summed E-state index contributed by atoms with van der Waals surface area (Å²) in [6, 6.07) is 17.3. The second-order valence-corrected chi connectivity index (χ2v) is 30.2. The zero-order valence-corrected chi connectivity index (χ0v) is 57.8. The van der Waals surface area contributed by atoms with Gasteiger partial charge < -0.3 is 16.0 Å². The van der Waals surface area contributed by atoms with Crippen LogP contribution in [-0.2, 0) is 59.8 Å². The Bertz CT molecular complexity index is 4150. The molecule has 3 N–H and O–H groups in total. The number of imide groups is 3. The quantitative estimate of drug-likeness (QED) is 0.110. The number of anilines is 6. The van der Waals surface area contributed by atoms with Crippen molar-refractivity contribution in [2.75, 3.05) is 50.3 Å². The fraction of sp³-hybridized carbons (Fsp3) is 0.333. The van der Waals surface area contributed by atoms with Gasteiger partial charge >= 0.3 is 0 Å². The summed E-state index contributed by atoms with van der Waals surface area (Å²) in [6.07, 6.45) is 4.48. The van der Waals surface area contributed by atoms with Crippen LogP contribution in [-0.4, -0.2) is 121 Å². The first-order chi connectivity index (χ1) is 45.7. The van der Waals surface area contributed by atoms with Crippen molar-refractivity contribution in [2.24, 2.45) is 35.5 Å². The molecule has 3 aromatic heterocycles. The van der Waals surface area contributed by atoms with Crippen LogP contribution >= 0.6 is 139 Å². The zero-order chi connectivity index (χ0) is 67.6. The molecule has 3 aromatic carbocycles. The van der Waals surface area contributed by atoms with Gasteiger partial charge in [0.2, 0.25) is 35.4 Å². The number of rotatable bonds is 3. The maximum absolute atomic E-state index is 13.8. The largest absolute Gasteiger partial charge is 0.323 e. The minimum Gasteiger partial charge on any atom is -0.323 e. The number of pyridine rings is 3. The second kappa shape index (κ2) is 22.9. The lowest BCUT2D eigenvalue weighted by Crippen LogP contribution is -2.54. The number of hydrogen-bond donors (Lipinski definition) is 3. The Morgan fingerprint density at radius 3 is 0.833 bits per heavy atom. The van der Waals surface area contributed by atoms with Crippen molar-refractivity contribution >= 4 is 227 Å². The minimum absolute atomic E-state index is 0.0503. The van der Waals surface area contributed by atoms with Crippen LogP contribution in [0.4, 0.5) is 34.5 Å². The topological polar surface area (TPSA) is 248 Å². The number of hydrogen-bond acceptors (Lipinski definition) is 15. The molecule has 12 aliphatic rings. The molecule has 0 aliphatic carbocycles. The molecule has 9 amide bonds. The Morgan fingerprint density at radius 1 is 0.333 bits per heavy atom. The number of fused-ring (bicyclic) bond motifs is 21. The Balaban J connectivity index is 0.000000113. The maximum atomic E-state index is 13.8. The number of amides is 9. The molecule has 21 nitrogen and oxygen atoms in total. The van der Waals surface area contributed by atoms with Crippen molar-refractivity contribution in [2.45, 2.75) is 73.3 Å². The molecule has 3 spiro atoms. The van der Waals surface area contributed by atoms with Gasteiger partial charge in [-0.2, -0.15) is 0 Å². The summed E-state index contributed by atoms with van der Waals surface area (Å²) in [4.78, 5) is 145. The molecule has 12 unspecified atom stereocenters. The van der Waals surface area contributed by atoms with Crippen LogP contribution in [0.25, 0.3) is 0 Å². The van der Waals surface area contributed by atoms with Gasteiger partial charge in [0, 0.05) is 83.2 Å². The molecule has 6 aromatic rings. The number of aromatic nitrogens is 3. The number of benzene rings is 3. The van der Waals surface area contributed by atoms with Gasteiger partial charge in [-0.1, -0.05) is 139 Å². The van der Waals surface area contributed by atoms with Gasteiger partial charge in [0.15, 0.2) is 0 Å². The van der Waals surface area contributed by atoms with Gasteiger partial charge in [-0.25, -0.2) is 29.7 Å². The van der Waals surface area contributed by atoms with E-state index < -0.39 is 87.6 Å². The van der Waals surface area contributed by atoms with E-state index in [0.29, 0.717) is 87.7 Å². The lowest BCUT2D eigenvalue weighted by molar-refractivity contribution is -0.135. The SMILES string of the molecule is O=C1C2C3CCCN3C3(C(=O)Nc4c(Cl)cc(Cl)cc43)C2C(=O)N1c1cc(Cl)cc(Cl)n1.O=C1C2C3CCCN3C3(C(=O)Nc4c(Cl)cc(Cl)cc43)C2C(=O)N1c1cc(Cl)cc(Cl)n1.O=C1C2C3CCCN3C3(C(=O)Nc4c(Cl)cc(Cl)cc43)C2C(=O)N1c1cc(Cl)cc(Cl)n1. The lowest BCUT2D eigenvalue weighted by atomic mass is 9.75. The third-order valence-electron chi connectivity index (χ3n) is 21.0. The average molecular weight is 1540 g/mol. The average Bonchev–Trinajstić information content (AvgIpc) is 1.52. The summed E-state index contributed by atoms with van der Waals surface area (Å²) in [5, 5.41) is 11.4. The van der Waals surface area contributed by atoms with Crippen LogP contribution < -0.4 is 30.7 Å². The summed E-state index contributed by atoms with van der Waals surface area (Å²) in [5.41, 5.74) is -1.27. The summed E-state index contributed by atoms with van der Waals surface area (Å²) in [7, 11) is 0. The van der Waals surface area contributed by atoms with E-state index in [1.54, 1.807) is 36.4 Å². The highest BCUT2D eigenvalue weighted by atomic mass is 35.5. The van der Waals surface area contributed by atoms with Gasteiger partial charge in [0.1, 0.15) is 49.5 Å². The highest BCUT2D eigenvalue weighted by Gasteiger charge is 2.78. The molecule has 33 heteroatoms. The molecule has 492 valence electrons. The molecule has 18 rings (SSSR count). The van der Waals surface area contributed by atoms with Crippen LogP contribution in [0.1, 0.15) is 55.2 Å². The second-order valence-electron chi connectivity index (χ2n) is 25.2. The molecular weight excluding hydrogens is 1490 g/mol. The highest BCUT2D eigenvalue weighted by molar-refractivity contribution is 6.42. The molecule has 9 fully saturated rings. The van der Waals surface area contributed by atoms with E-state index in [1.165, 1.54) is 36.4 Å². The number of nitrogens with zero attached hydrogens (tertiary/aromatic N) is 9. The molecule has 12 atom stereocenters. The monoisotopic (exact) mass is 1530 g/mol. The molecular formula is C63H42Cl12N12O9. The third-order valence-corrected chi connectivity index (χ3v) is 23.8. The normalized spacial score (nSPS) is 30.8. The molecule has 15 heterocycles. The van der Waals surface area contributed by atoms with Gasteiger partial charge in [-0.3, -0.25) is 57.9 Å². The summed E-state index contributed by atoms with van der Waals surface area (Å²) in [6.45, 7) is 1.74. The molecule has 0 bridgehead atoms. The van der Waals surface area contributed by atoms with Crippen molar-refractivity contribution in [3.63, 3.8) is 0 Å². The van der Waals surface area contributed by atoms with Crippen molar-refractivity contribution in [1.29, 1.82) is 0 Å². The summed E-state index contributed by atoms with van der Waals surface area (Å²) >= 11 is 74.5. The maximum Gasteiger partial charge on any atom is 0.250 e. The van der Waals surface area contributed by atoms with E-state index in [-0.39, 0.29) is 98.9 Å². The van der Waals surface area contributed by atoms with E-state index in [2.05, 4.69) is 30.9 Å². The molecule has 0 radical (unpaired) electrons. The van der Waals surface area contributed by atoms with Crippen LogP contribution in [0, 0.1) is 35.5 Å². The van der Waals surface area contributed by atoms with Gasteiger partial charge in [0.25, 0.3) is 17.7 Å². The Morgan fingerprint density at radius 2 is 0.583 bits per heavy atom. The third kappa shape index (κ3) is 8.82. The number of halogens is 12. The van der Waals surface area contributed by atoms with Gasteiger partial charge in [-0.05, 0) is 113 Å². The van der Waals surface area contributed by atoms with E-state index in [1.807, 2.05) is 14.7 Å². The molecule has 9 saturated heterocycles. The van der Waals surface area contributed by atoms with Crippen LogP contribution in [0.2, 0.25) is 60.7 Å². The van der Waals surface area contributed by atoms with Crippen molar-refractivity contribution in [3.8, 4) is 0 Å². The molecule has 12 aliphatic heterocycles. The van der Waals surface area contributed by atoms with Crippen molar-refractivity contribution in [3.05, 3.63) is 150 Å². The van der Waals surface area contributed by atoms with Gasteiger partial charge in [-0.15, -0.1) is 0 Å². The summed E-state index contributed by atoms with van der Waals surface area (Å²) < 4.78 is 0. The van der Waals surface area contributed by atoms with Gasteiger partial charge in [0.05, 0.1) is 67.6 Å². The fourth-order valence-electron chi connectivity index (χ4n) is 18.1. The number of carbonyl (C=O) groups excluding carboxylic acids is 9. The fourth-order valence-corrected chi connectivity index (χ4v) is 21.1. The Hall–Kier alpha value is -5.70. The minimum atomic E-state index is -1.38. The van der Waals surface area contributed by atoms with E-state index in [9.17, 15) is 43.2 Å². The van der Waals surface area contributed by atoms with Crippen LogP contribution in [0.5, 0.6) is 0 Å². The standard InChI is InChI=1S/3C21H14Cl4N4O3/c3*22-8-4-10-17(11(24)5-8)27-20(32)21(10)16-15(12-2-1-3-28(12)21)18(30)29(19(16)31)14-7-9(23)6-13(25)26-14/h3*4-7,12,15-16H,1-3H2,(H,27,32). The lowest BCUT2D eigenvalue weighted by Gasteiger charge is -2.36. The van der Waals surface area contributed by atoms with Crippen molar-refractivity contribution in [1.82, 2.24) is 29.7 Å². The number of nitrogens with one attached hydrogen (secondary N) is 3. The van der Waals surface area contributed by atoms with E-state index in [4.69, 9.17) is 139 Å². The zero-order valence-electron chi connectivity index (χ0n) is 48.7. The predicted molar refractivity (Wildman–Crippen MR) is 361 cm³/mol.